The molecule has 0 fully saturated rings. The highest BCUT2D eigenvalue weighted by Gasteiger charge is 2.24. The quantitative estimate of drug-likeness (QED) is 0.763. The van der Waals surface area contributed by atoms with Gasteiger partial charge in [-0.1, -0.05) is 17.3 Å². The van der Waals surface area contributed by atoms with Crippen LogP contribution in [0.15, 0.2) is 45.9 Å². The summed E-state index contributed by atoms with van der Waals surface area (Å²) in [6.07, 6.45) is 1.61. The normalized spacial score (nSPS) is 11.6. The van der Waals surface area contributed by atoms with Gasteiger partial charge < -0.3 is 4.52 Å². The Hall–Kier alpha value is -2.68. The minimum Gasteiger partial charge on any atom is -0.360 e. The average Bonchev–Trinajstić information content (AvgIpc) is 3.05. The number of benzene rings is 1. The topological polar surface area (TPSA) is 90.0 Å². The Morgan fingerprint density at radius 2 is 2.08 bits per heavy atom. The SMILES string of the molecule is Cc1noc(C)c1S(=O)(=O)Nc1ccn(Cc2cccc(F)c2)n1. The van der Waals surface area contributed by atoms with E-state index in [0.29, 0.717) is 6.54 Å². The van der Waals surface area contributed by atoms with Crippen LogP contribution in [0.4, 0.5) is 10.2 Å². The van der Waals surface area contributed by atoms with Gasteiger partial charge in [-0.05, 0) is 31.5 Å². The van der Waals surface area contributed by atoms with Gasteiger partial charge in [0.05, 0.1) is 6.54 Å². The highest BCUT2D eigenvalue weighted by molar-refractivity contribution is 7.92. The molecule has 1 N–H and O–H groups in total. The minimum atomic E-state index is -3.84. The van der Waals surface area contributed by atoms with Crippen molar-refractivity contribution in [2.45, 2.75) is 25.3 Å². The summed E-state index contributed by atoms with van der Waals surface area (Å²) in [6, 6.07) is 7.65. The van der Waals surface area contributed by atoms with Gasteiger partial charge in [-0.3, -0.25) is 9.40 Å². The van der Waals surface area contributed by atoms with Crippen LogP contribution in [0.5, 0.6) is 0 Å². The molecule has 3 rings (SSSR count). The standard InChI is InChI=1S/C15H15FN4O3S/c1-10-15(11(2)23-18-10)24(21,22)19-14-6-7-20(17-14)9-12-4-3-5-13(16)8-12/h3-8H,9H2,1-2H3,(H,17,19). The van der Waals surface area contributed by atoms with Crippen molar-refractivity contribution in [2.24, 2.45) is 0 Å². The van der Waals surface area contributed by atoms with E-state index >= 15 is 0 Å². The maximum Gasteiger partial charge on any atom is 0.268 e. The van der Waals surface area contributed by atoms with Gasteiger partial charge in [-0.15, -0.1) is 0 Å². The van der Waals surface area contributed by atoms with Crippen molar-refractivity contribution < 1.29 is 17.3 Å². The first-order chi connectivity index (χ1) is 11.3. The molecular formula is C15H15FN4O3S. The number of aromatic nitrogens is 3. The molecule has 2 aromatic heterocycles. The molecule has 0 saturated heterocycles. The van der Waals surface area contributed by atoms with Gasteiger partial charge in [-0.25, -0.2) is 12.8 Å². The van der Waals surface area contributed by atoms with E-state index in [1.54, 1.807) is 25.3 Å². The third kappa shape index (κ3) is 3.30. The van der Waals surface area contributed by atoms with E-state index in [1.165, 1.54) is 29.8 Å². The van der Waals surface area contributed by atoms with Crippen LogP contribution in [0.3, 0.4) is 0 Å². The van der Waals surface area contributed by atoms with Crippen molar-refractivity contribution in [1.29, 1.82) is 0 Å². The molecule has 0 aliphatic rings. The minimum absolute atomic E-state index is 0.00202. The third-order valence-electron chi connectivity index (χ3n) is 3.35. The summed E-state index contributed by atoms with van der Waals surface area (Å²) in [5.74, 6) is 0.0320. The lowest BCUT2D eigenvalue weighted by atomic mass is 10.2. The molecule has 0 amide bonds. The van der Waals surface area contributed by atoms with Crippen LogP contribution in [0, 0.1) is 19.7 Å². The second kappa shape index (κ2) is 6.08. The van der Waals surface area contributed by atoms with Gasteiger partial charge >= 0.3 is 0 Å². The summed E-state index contributed by atoms with van der Waals surface area (Å²) in [5.41, 5.74) is 0.998. The first kappa shape index (κ1) is 16.2. The van der Waals surface area contributed by atoms with Crippen molar-refractivity contribution in [1.82, 2.24) is 14.9 Å². The first-order valence-electron chi connectivity index (χ1n) is 7.09. The fourth-order valence-electron chi connectivity index (χ4n) is 2.37. The van der Waals surface area contributed by atoms with Crippen molar-refractivity contribution in [3.05, 3.63) is 59.4 Å². The fourth-order valence-corrected chi connectivity index (χ4v) is 3.70. The predicted octanol–water partition coefficient (Wildman–Crippen LogP) is 2.48. The molecule has 126 valence electrons. The Morgan fingerprint density at radius 3 is 2.75 bits per heavy atom. The Labute approximate surface area is 138 Å². The number of hydrogen-bond donors (Lipinski definition) is 1. The molecule has 0 aliphatic carbocycles. The molecule has 0 spiro atoms. The second-order valence-electron chi connectivity index (χ2n) is 5.29. The zero-order valence-electron chi connectivity index (χ0n) is 13.0. The van der Waals surface area contributed by atoms with Crippen LogP contribution in [0.25, 0.3) is 0 Å². The first-order valence-corrected chi connectivity index (χ1v) is 8.57. The summed E-state index contributed by atoms with van der Waals surface area (Å²) in [6.45, 7) is 3.40. The molecule has 9 heteroatoms. The van der Waals surface area contributed by atoms with E-state index in [2.05, 4.69) is 15.0 Å². The van der Waals surface area contributed by atoms with Gasteiger partial charge in [0.25, 0.3) is 10.0 Å². The molecule has 0 unspecified atom stereocenters. The molecular weight excluding hydrogens is 335 g/mol. The Bertz CT molecular complexity index is 959. The zero-order chi connectivity index (χ0) is 17.3. The third-order valence-corrected chi connectivity index (χ3v) is 4.95. The van der Waals surface area contributed by atoms with Crippen LogP contribution in [-0.2, 0) is 16.6 Å². The number of rotatable bonds is 5. The maximum absolute atomic E-state index is 13.2. The molecule has 24 heavy (non-hydrogen) atoms. The summed E-state index contributed by atoms with van der Waals surface area (Å²) < 4.78 is 46.8. The largest absolute Gasteiger partial charge is 0.360 e. The fraction of sp³-hybridized carbons (Fsp3) is 0.200. The molecule has 0 saturated carbocycles. The van der Waals surface area contributed by atoms with Gasteiger partial charge in [0.2, 0.25) is 0 Å². The van der Waals surface area contributed by atoms with Gasteiger partial charge in [0.1, 0.15) is 11.5 Å². The van der Waals surface area contributed by atoms with Gasteiger partial charge in [0, 0.05) is 12.3 Å². The Kier molecular flexibility index (Phi) is 4.10. The molecule has 7 nitrogen and oxygen atoms in total. The Morgan fingerprint density at radius 1 is 1.29 bits per heavy atom. The molecule has 3 aromatic rings. The maximum atomic E-state index is 13.2. The van der Waals surface area contributed by atoms with Crippen molar-refractivity contribution in [2.75, 3.05) is 4.72 Å². The van der Waals surface area contributed by atoms with E-state index in [0.717, 1.165) is 5.56 Å². The summed E-state index contributed by atoms with van der Waals surface area (Å²) in [7, 11) is -3.84. The molecule has 0 bridgehead atoms. The number of sulfonamides is 1. The van der Waals surface area contributed by atoms with Crippen LogP contribution in [-0.4, -0.2) is 23.4 Å². The van der Waals surface area contributed by atoms with Crippen molar-refractivity contribution in [3.8, 4) is 0 Å². The average molecular weight is 350 g/mol. The predicted molar refractivity (Wildman–Crippen MR) is 84.5 cm³/mol. The lowest BCUT2D eigenvalue weighted by Gasteiger charge is -2.05. The van der Waals surface area contributed by atoms with Crippen LogP contribution in [0.1, 0.15) is 17.0 Å². The molecule has 0 aliphatic heterocycles. The lowest BCUT2D eigenvalue weighted by molar-refractivity contribution is 0.390. The summed E-state index contributed by atoms with van der Waals surface area (Å²) in [4.78, 5) is 0.00202. The smallest absolute Gasteiger partial charge is 0.268 e. The van der Waals surface area contributed by atoms with Crippen LogP contribution >= 0.6 is 0 Å². The van der Waals surface area contributed by atoms with Gasteiger partial charge in [-0.2, -0.15) is 5.10 Å². The summed E-state index contributed by atoms with van der Waals surface area (Å²) >= 11 is 0. The zero-order valence-corrected chi connectivity index (χ0v) is 13.8. The second-order valence-corrected chi connectivity index (χ2v) is 6.91. The van der Waals surface area contributed by atoms with Crippen LogP contribution in [0.2, 0.25) is 0 Å². The highest BCUT2D eigenvalue weighted by atomic mass is 32.2. The number of hydrogen-bond acceptors (Lipinski definition) is 5. The lowest BCUT2D eigenvalue weighted by Crippen LogP contribution is -2.15. The van der Waals surface area contributed by atoms with Crippen LogP contribution < -0.4 is 4.72 Å². The molecule has 1 aromatic carbocycles. The van der Waals surface area contributed by atoms with E-state index in [4.69, 9.17) is 4.52 Å². The number of nitrogens with zero attached hydrogens (tertiary/aromatic N) is 3. The summed E-state index contributed by atoms with van der Waals surface area (Å²) in [5, 5.41) is 7.78. The number of halogens is 1. The number of anilines is 1. The number of aryl methyl sites for hydroxylation is 2. The van der Waals surface area contributed by atoms with Gasteiger partial charge in [0.15, 0.2) is 16.5 Å². The van der Waals surface area contributed by atoms with E-state index in [9.17, 15) is 12.8 Å². The Balaban J connectivity index is 1.79. The van der Waals surface area contributed by atoms with Crippen molar-refractivity contribution in [3.63, 3.8) is 0 Å². The van der Waals surface area contributed by atoms with E-state index in [1.807, 2.05) is 0 Å². The highest BCUT2D eigenvalue weighted by Crippen LogP contribution is 2.21. The molecule has 0 atom stereocenters. The molecule has 0 radical (unpaired) electrons. The number of nitrogens with one attached hydrogen (secondary N) is 1. The monoisotopic (exact) mass is 350 g/mol. The van der Waals surface area contributed by atoms with E-state index < -0.39 is 10.0 Å². The van der Waals surface area contributed by atoms with Crippen molar-refractivity contribution >= 4 is 15.8 Å². The van der Waals surface area contributed by atoms with E-state index in [-0.39, 0.29) is 28.0 Å². The molecule has 2 heterocycles.